The SMILES string of the molecule is CN(C)CC(=O)Nc1nc2ccc(-c3ccnc(/C=C\Cc4ccccc4)n3)cc2s1. The first-order valence-corrected chi connectivity index (χ1v) is 10.8. The summed E-state index contributed by atoms with van der Waals surface area (Å²) in [5.41, 5.74) is 3.94. The Labute approximate surface area is 185 Å². The first-order chi connectivity index (χ1) is 15.1. The van der Waals surface area contributed by atoms with Crippen molar-refractivity contribution in [2.75, 3.05) is 26.0 Å². The van der Waals surface area contributed by atoms with Crippen molar-refractivity contribution in [3.05, 3.63) is 78.3 Å². The van der Waals surface area contributed by atoms with E-state index in [0.717, 1.165) is 27.9 Å². The smallest absolute Gasteiger partial charge is 0.240 e. The molecule has 0 aliphatic heterocycles. The largest absolute Gasteiger partial charge is 0.301 e. The normalized spacial score (nSPS) is 11.5. The van der Waals surface area contributed by atoms with Crippen molar-refractivity contribution in [3.8, 4) is 11.3 Å². The lowest BCUT2D eigenvalue weighted by Crippen LogP contribution is -2.26. The summed E-state index contributed by atoms with van der Waals surface area (Å²) >= 11 is 1.46. The number of likely N-dealkylation sites (N-methyl/N-ethyl adjacent to an activating group) is 1. The van der Waals surface area contributed by atoms with Crippen molar-refractivity contribution < 1.29 is 4.79 Å². The number of rotatable bonds is 7. The van der Waals surface area contributed by atoms with Gasteiger partial charge in [0.2, 0.25) is 5.91 Å². The molecular formula is C24H23N5OS. The summed E-state index contributed by atoms with van der Waals surface area (Å²) in [7, 11) is 3.72. The maximum atomic E-state index is 12.0. The molecule has 6 nitrogen and oxygen atoms in total. The molecule has 0 unspecified atom stereocenters. The number of nitrogens with one attached hydrogen (secondary N) is 1. The number of anilines is 1. The zero-order valence-corrected chi connectivity index (χ0v) is 18.3. The van der Waals surface area contributed by atoms with Crippen molar-refractivity contribution in [3.63, 3.8) is 0 Å². The molecule has 7 heteroatoms. The van der Waals surface area contributed by atoms with Gasteiger partial charge in [-0.2, -0.15) is 0 Å². The Balaban J connectivity index is 1.50. The number of thiazole rings is 1. The van der Waals surface area contributed by atoms with Crippen LogP contribution in [-0.4, -0.2) is 46.4 Å². The first kappa shape index (κ1) is 20.8. The second-order valence-electron chi connectivity index (χ2n) is 7.38. The molecular weight excluding hydrogens is 406 g/mol. The van der Waals surface area contributed by atoms with Gasteiger partial charge in [-0.15, -0.1) is 0 Å². The molecule has 31 heavy (non-hydrogen) atoms. The molecule has 2 aromatic carbocycles. The number of carbonyl (C=O) groups is 1. The number of nitrogens with zero attached hydrogens (tertiary/aromatic N) is 4. The average Bonchev–Trinajstić information content (AvgIpc) is 3.15. The van der Waals surface area contributed by atoms with E-state index < -0.39 is 0 Å². The van der Waals surface area contributed by atoms with E-state index in [4.69, 9.17) is 0 Å². The van der Waals surface area contributed by atoms with E-state index in [1.165, 1.54) is 16.9 Å². The molecule has 1 N–H and O–H groups in total. The van der Waals surface area contributed by atoms with Gasteiger partial charge in [-0.1, -0.05) is 53.8 Å². The van der Waals surface area contributed by atoms with E-state index in [0.29, 0.717) is 17.5 Å². The van der Waals surface area contributed by atoms with Crippen LogP contribution in [0.2, 0.25) is 0 Å². The van der Waals surface area contributed by atoms with E-state index in [1.807, 2.05) is 67.5 Å². The molecule has 0 spiro atoms. The number of hydrogen-bond donors (Lipinski definition) is 1. The first-order valence-electron chi connectivity index (χ1n) is 9.96. The van der Waals surface area contributed by atoms with Crippen LogP contribution < -0.4 is 5.32 Å². The fourth-order valence-electron chi connectivity index (χ4n) is 3.11. The number of benzene rings is 2. The van der Waals surface area contributed by atoms with E-state index in [2.05, 4.69) is 38.5 Å². The topological polar surface area (TPSA) is 71.0 Å². The molecule has 0 aliphatic carbocycles. The Morgan fingerprint density at radius 2 is 1.94 bits per heavy atom. The minimum Gasteiger partial charge on any atom is -0.301 e. The van der Waals surface area contributed by atoms with Gasteiger partial charge in [0.25, 0.3) is 0 Å². The van der Waals surface area contributed by atoms with Gasteiger partial charge in [0.05, 0.1) is 22.5 Å². The summed E-state index contributed by atoms with van der Waals surface area (Å²) in [6.45, 7) is 0.322. The van der Waals surface area contributed by atoms with Crippen LogP contribution in [0, 0.1) is 0 Å². The van der Waals surface area contributed by atoms with Gasteiger partial charge in [-0.25, -0.2) is 15.0 Å². The number of hydrogen-bond acceptors (Lipinski definition) is 6. The molecule has 0 saturated heterocycles. The Morgan fingerprint density at radius 1 is 1.10 bits per heavy atom. The molecule has 0 saturated carbocycles. The maximum Gasteiger partial charge on any atom is 0.240 e. The third-order valence-electron chi connectivity index (χ3n) is 4.53. The Kier molecular flexibility index (Phi) is 6.45. The highest BCUT2D eigenvalue weighted by Gasteiger charge is 2.10. The van der Waals surface area contributed by atoms with Gasteiger partial charge in [-0.05, 0) is 50.4 Å². The molecule has 4 aromatic rings. The van der Waals surface area contributed by atoms with Gasteiger partial charge in [-0.3, -0.25) is 4.79 Å². The van der Waals surface area contributed by atoms with E-state index >= 15 is 0 Å². The van der Waals surface area contributed by atoms with Crippen molar-refractivity contribution in [1.82, 2.24) is 19.9 Å². The number of aromatic nitrogens is 3. The number of carbonyl (C=O) groups excluding carboxylic acids is 1. The monoisotopic (exact) mass is 429 g/mol. The number of allylic oxidation sites excluding steroid dienone is 1. The third-order valence-corrected chi connectivity index (χ3v) is 5.46. The summed E-state index contributed by atoms with van der Waals surface area (Å²) in [6.07, 6.45) is 6.63. The molecule has 0 aliphatic rings. The number of amides is 1. The lowest BCUT2D eigenvalue weighted by Gasteiger charge is -2.07. The van der Waals surface area contributed by atoms with Crippen LogP contribution >= 0.6 is 11.3 Å². The fourth-order valence-corrected chi connectivity index (χ4v) is 4.03. The lowest BCUT2D eigenvalue weighted by molar-refractivity contribution is -0.116. The van der Waals surface area contributed by atoms with Crippen LogP contribution in [0.15, 0.2) is 66.9 Å². The summed E-state index contributed by atoms with van der Waals surface area (Å²) in [5, 5.41) is 3.46. The summed E-state index contributed by atoms with van der Waals surface area (Å²) < 4.78 is 0.998. The van der Waals surface area contributed by atoms with Crippen molar-refractivity contribution in [2.45, 2.75) is 6.42 Å². The van der Waals surface area contributed by atoms with Crippen LogP contribution in [0.4, 0.5) is 5.13 Å². The zero-order valence-electron chi connectivity index (χ0n) is 17.4. The van der Waals surface area contributed by atoms with Gasteiger partial charge in [0.1, 0.15) is 0 Å². The minimum absolute atomic E-state index is 0.0768. The minimum atomic E-state index is -0.0768. The van der Waals surface area contributed by atoms with Gasteiger partial charge in [0, 0.05) is 11.8 Å². The maximum absolute atomic E-state index is 12.0. The van der Waals surface area contributed by atoms with E-state index in [-0.39, 0.29) is 5.91 Å². The average molecular weight is 430 g/mol. The molecule has 0 fully saturated rings. The molecule has 0 atom stereocenters. The molecule has 0 bridgehead atoms. The van der Waals surface area contributed by atoms with E-state index in [1.54, 1.807) is 6.20 Å². The number of fused-ring (bicyclic) bond motifs is 1. The Hall–Kier alpha value is -3.42. The summed E-state index contributed by atoms with van der Waals surface area (Å²) in [6, 6.07) is 18.2. The van der Waals surface area contributed by atoms with Crippen LogP contribution in [-0.2, 0) is 11.2 Å². The van der Waals surface area contributed by atoms with Gasteiger partial charge in [0.15, 0.2) is 11.0 Å². The highest BCUT2D eigenvalue weighted by Crippen LogP contribution is 2.30. The molecule has 2 heterocycles. The van der Waals surface area contributed by atoms with Crippen molar-refractivity contribution in [1.29, 1.82) is 0 Å². The Morgan fingerprint density at radius 3 is 2.74 bits per heavy atom. The molecule has 1 amide bonds. The predicted octanol–water partition coefficient (Wildman–Crippen LogP) is 4.51. The quantitative estimate of drug-likeness (QED) is 0.468. The fraction of sp³-hybridized carbons (Fsp3) is 0.167. The third kappa shape index (κ3) is 5.59. The van der Waals surface area contributed by atoms with Crippen molar-refractivity contribution >= 4 is 38.7 Å². The predicted molar refractivity (Wildman–Crippen MR) is 127 cm³/mol. The Bertz CT molecular complexity index is 1220. The molecule has 156 valence electrons. The highest BCUT2D eigenvalue weighted by atomic mass is 32.1. The molecule has 0 radical (unpaired) electrons. The van der Waals surface area contributed by atoms with Crippen LogP contribution in [0.3, 0.4) is 0 Å². The van der Waals surface area contributed by atoms with Gasteiger partial charge >= 0.3 is 0 Å². The van der Waals surface area contributed by atoms with Gasteiger partial charge < -0.3 is 10.2 Å². The van der Waals surface area contributed by atoms with Crippen LogP contribution in [0.5, 0.6) is 0 Å². The summed E-state index contributed by atoms with van der Waals surface area (Å²) in [5.74, 6) is 0.599. The van der Waals surface area contributed by atoms with Crippen LogP contribution in [0.25, 0.3) is 27.6 Å². The highest BCUT2D eigenvalue weighted by molar-refractivity contribution is 7.22. The zero-order chi connectivity index (χ0) is 21.6. The van der Waals surface area contributed by atoms with Crippen molar-refractivity contribution in [2.24, 2.45) is 0 Å². The molecule has 2 aromatic heterocycles. The standard InChI is InChI=1S/C24H23N5OS/c1-29(2)16-23(30)28-24-27-20-12-11-18(15-21(20)31-24)19-13-14-25-22(26-19)10-6-9-17-7-4-3-5-8-17/h3-8,10-15H,9,16H2,1-2H3,(H,27,28,30)/b10-6-. The second kappa shape index (κ2) is 9.59. The summed E-state index contributed by atoms with van der Waals surface area (Å²) in [4.78, 5) is 27.4. The van der Waals surface area contributed by atoms with Crippen LogP contribution in [0.1, 0.15) is 11.4 Å². The molecule has 4 rings (SSSR count). The van der Waals surface area contributed by atoms with E-state index in [9.17, 15) is 4.79 Å². The lowest BCUT2D eigenvalue weighted by atomic mass is 10.1. The second-order valence-corrected chi connectivity index (χ2v) is 8.41.